The van der Waals surface area contributed by atoms with Gasteiger partial charge in [-0.05, 0) is 64.5 Å². The van der Waals surface area contributed by atoms with Crippen molar-refractivity contribution in [3.8, 4) is 39.5 Å². The van der Waals surface area contributed by atoms with E-state index in [-0.39, 0.29) is 17.5 Å². The lowest BCUT2D eigenvalue weighted by molar-refractivity contribution is 0.298. The number of fused-ring (bicyclic) bond motifs is 3. The Hall–Kier alpha value is -4.51. The molecule has 1 atom stereocenters. The summed E-state index contributed by atoms with van der Waals surface area (Å²) in [6.45, 7) is 2.37. The first kappa shape index (κ1) is 21.1. The van der Waals surface area contributed by atoms with Crippen LogP contribution in [0, 0.1) is 0 Å². The van der Waals surface area contributed by atoms with Crippen LogP contribution >= 0.6 is 0 Å². The maximum absolute atomic E-state index is 10.4. The third kappa shape index (κ3) is 3.53. The molecule has 0 fully saturated rings. The molecule has 1 aliphatic rings. The fourth-order valence-corrected chi connectivity index (χ4v) is 4.92. The number of amidine groups is 1. The molecular formula is C30H24N2O3. The molecule has 0 saturated carbocycles. The van der Waals surface area contributed by atoms with Gasteiger partial charge in [-0.3, -0.25) is 4.99 Å². The highest BCUT2D eigenvalue weighted by atomic mass is 16.5. The Morgan fingerprint density at radius 3 is 2.26 bits per heavy atom. The molecular weight excluding hydrogens is 436 g/mol. The van der Waals surface area contributed by atoms with E-state index in [0.29, 0.717) is 18.0 Å². The van der Waals surface area contributed by atoms with Crippen molar-refractivity contribution in [3.63, 3.8) is 0 Å². The van der Waals surface area contributed by atoms with Crippen LogP contribution in [0.5, 0.6) is 17.2 Å². The average Bonchev–Trinajstić information content (AvgIpc) is 2.85. The Morgan fingerprint density at radius 2 is 1.49 bits per heavy atom. The van der Waals surface area contributed by atoms with E-state index in [1.54, 1.807) is 18.2 Å². The van der Waals surface area contributed by atoms with E-state index in [4.69, 9.17) is 10.5 Å². The van der Waals surface area contributed by atoms with Crippen molar-refractivity contribution in [2.45, 2.75) is 13.0 Å². The SMILES string of the molecule is C[C@H]1COc2cc3cc(-c4c(O)cccc4O)ccc3cc2-c2cccc3cccc(c23)C(N)=N1. The number of phenolic OH excluding ortho intramolecular Hbond substituents is 2. The first-order valence-electron chi connectivity index (χ1n) is 11.6. The second-order valence-electron chi connectivity index (χ2n) is 8.97. The molecule has 0 radical (unpaired) electrons. The minimum absolute atomic E-state index is 0.0344. The van der Waals surface area contributed by atoms with Crippen LogP contribution in [0.3, 0.4) is 0 Å². The molecule has 0 aromatic heterocycles. The molecule has 6 rings (SSSR count). The Balaban J connectivity index is 1.63. The van der Waals surface area contributed by atoms with Crippen LogP contribution in [0.4, 0.5) is 0 Å². The summed E-state index contributed by atoms with van der Waals surface area (Å²) in [4.78, 5) is 4.68. The van der Waals surface area contributed by atoms with Gasteiger partial charge in [0.1, 0.15) is 29.7 Å². The number of nitrogens with zero attached hydrogens (tertiary/aromatic N) is 1. The van der Waals surface area contributed by atoms with Gasteiger partial charge in [0.2, 0.25) is 0 Å². The van der Waals surface area contributed by atoms with Gasteiger partial charge in [-0.25, -0.2) is 0 Å². The highest BCUT2D eigenvalue weighted by Crippen LogP contribution is 2.42. The predicted octanol–water partition coefficient (Wildman–Crippen LogP) is 6.22. The number of benzene rings is 5. The van der Waals surface area contributed by atoms with Gasteiger partial charge >= 0.3 is 0 Å². The van der Waals surface area contributed by atoms with E-state index >= 15 is 0 Å². The fourth-order valence-electron chi connectivity index (χ4n) is 4.92. The number of aromatic hydroxyl groups is 2. The summed E-state index contributed by atoms with van der Waals surface area (Å²) in [5.74, 6) is 1.33. The van der Waals surface area contributed by atoms with Crippen molar-refractivity contribution in [2.75, 3.05) is 6.61 Å². The number of hydrogen-bond acceptors (Lipinski definition) is 5. The molecule has 172 valence electrons. The monoisotopic (exact) mass is 460 g/mol. The van der Waals surface area contributed by atoms with Gasteiger partial charge in [0.25, 0.3) is 0 Å². The molecule has 5 aromatic carbocycles. The Bertz CT molecular complexity index is 1630. The first-order valence-corrected chi connectivity index (χ1v) is 11.6. The van der Waals surface area contributed by atoms with Crippen LogP contribution in [0.25, 0.3) is 43.8 Å². The molecule has 0 aliphatic carbocycles. The highest BCUT2D eigenvalue weighted by molar-refractivity contribution is 6.14. The van der Waals surface area contributed by atoms with Gasteiger partial charge in [-0.2, -0.15) is 0 Å². The number of phenols is 2. The smallest absolute Gasteiger partial charge is 0.127 e. The molecule has 0 bridgehead atoms. The minimum Gasteiger partial charge on any atom is -0.507 e. The Kier molecular flexibility index (Phi) is 4.85. The van der Waals surface area contributed by atoms with Gasteiger partial charge in [-0.1, -0.05) is 54.6 Å². The van der Waals surface area contributed by atoms with E-state index in [2.05, 4.69) is 29.3 Å². The summed E-state index contributed by atoms with van der Waals surface area (Å²) in [5, 5.41) is 24.8. The third-order valence-electron chi connectivity index (χ3n) is 6.56. The van der Waals surface area contributed by atoms with Crippen molar-refractivity contribution in [1.29, 1.82) is 0 Å². The molecule has 4 N–H and O–H groups in total. The maximum atomic E-state index is 10.4. The highest BCUT2D eigenvalue weighted by Gasteiger charge is 2.19. The van der Waals surface area contributed by atoms with Gasteiger partial charge in [0, 0.05) is 16.5 Å². The number of aliphatic imine (C=N–C) groups is 1. The van der Waals surface area contributed by atoms with Crippen LogP contribution in [-0.4, -0.2) is 28.7 Å². The van der Waals surface area contributed by atoms with Crippen LogP contribution in [0.1, 0.15) is 12.5 Å². The van der Waals surface area contributed by atoms with Gasteiger partial charge in [-0.15, -0.1) is 0 Å². The lowest BCUT2D eigenvalue weighted by Gasteiger charge is -2.20. The minimum atomic E-state index is -0.122. The molecule has 0 unspecified atom stereocenters. The number of hydrogen-bond donors (Lipinski definition) is 3. The quantitative estimate of drug-likeness (QED) is 0.277. The molecule has 1 heterocycles. The lowest BCUT2D eigenvalue weighted by atomic mass is 9.91. The molecule has 35 heavy (non-hydrogen) atoms. The number of rotatable bonds is 1. The van der Waals surface area contributed by atoms with E-state index in [1.165, 1.54) is 0 Å². The first-order chi connectivity index (χ1) is 17.0. The zero-order valence-corrected chi connectivity index (χ0v) is 19.2. The molecule has 5 aromatic rings. The molecule has 5 nitrogen and oxygen atoms in total. The van der Waals surface area contributed by atoms with Crippen LogP contribution in [-0.2, 0) is 0 Å². The third-order valence-corrected chi connectivity index (χ3v) is 6.56. The van der Waals surface area contributed by atoms with E-state index in [9.17, 15) is 10.2 Å². The van der Waals surface area contributed by atoms with Crippen molar-refractivity contribution in [3.05, 3.63) is 90.5 Å². The van der Waals surface area contributed by atoms with Gasteiger partial charge < -0.3 is 20.7 Å². The van der Waals surface area contributed by atoms with Crippen molar-refractivity contribution >= 4 is 27.4 Å². The zero-order chi connectivity index (χ0) is 24.1. The normalized spacial score (nSPS) is 15.3. The van der Waals surface area contributed by atoms with E-state index in [1.807, 2.05) is 49.4 Å². The second-order valence-corrected chi connectivity index (χ2v) is 8.97. The fraction of sp³-hybridized carbons (Fsp3) is 0.100. The molecule has 1 aliphatic heterocycles. The summed E-state index contributed by atoms with van der Waals surface area (Å²) in [6, 6.07) is 27.0. The Morgan fingerprint density at radius 1 is 0.771 bits per heavy atom. The molecule has 0 spiro atoms. The topological polar surface area (TPSA) is 88.1 Å². The lowest BCUT2D eigenvalue weighted by Crippen LogP contribution is -2.21. The molecule has 0 saturated heterocycles. The van der Waals surface area contributed by atoms with Gasteiger partial charge in [0.15, 0.2) is 0 Å². The summed E-state index contributed by atoms with van der Waals surface area (Å²) in [6.07, 6.45) is 0. The maximum Gasteiger partial charge on any atom is 0.127 e. The largest absolute Gasteiger partial charge is 0.507 e. The van der Waals surface area contributed by atoms with Crippen LogP contribution < -0.4 is 10.5 Å². The van der Waals surface area contributed by atoms with Crippen molar-refractivity contribution in [2.24, 2.45) is 10.7 Å². The van der Waals surface area contributed by atoms with Crippen LogP contribution in [0.2, 0.25) is 0 Å². The predicted molar refractivity (Wildman–Crippen MR) is 141 cm³/mol. The standard InChI is InChI=1S/C30H24N2O3/c1-17-16-35-27-15-21-13-20(29-25(33)9-4-10-26(29)34)12-11-19(21)14-24(27)22-7-2-5-18-6-3-8-23(28(18)22)30(31)32-17/h2-15,17,33-34H,16H2,1H3,(H2,31,32)/t17-/m0/s1. The van der Waals surface area contributed by atoms with E-state index in [0.717, 1.165) is 49.5 Å². The second kappa shape index (κ2) is 8.06. The zero-order valence-electron chi connectivity index (χ0n) is 19.2. The average molecular weight is 461 g/mol. The van der Waals surface area contributed by atoms with Gasteiger partial charge in [0.05, 0.1) is 11.6 Å². The van der Waals surface area contributed by atoms with E-state index < -0.39 is 0 Å². The number of ether oxygens (including phenoxy) is 1. The summed E-state index contributed by atoms with van der Waals surface area (Å²) in [7, 11) is 0. The molecule has 0 amide bonds. The van der Waals surface area contributed by atoms with Crippen molar-refractivity contribution < 1.29 is 14.9 Å². The molecule has 5 heteroatoms. The van der Waals surface area contributed by atoms with Crippen LogP contribution in [0.15, 0.2) is 89.9 Å². The Labute approximate surface area is 202 Å². The summed E-state index contributed by atoms with van der Waals surface area (Å²) >= 11 is 0. The van der Waals surface area contributed by atoms with Crippen molar-refractivity contribution in [1.82, 2.24) is 0 Å². The number of nitrogens with two attached hydrogens (primary N) is 1. The summed E-state index contributed by atoms with van der Waals surface area (Å²) < 4.78 is 6.31. The summed E-state index contributed by atoms with van der Waals surface area (Å²) in [5.41, 5.74) is 10.5.